The first-order chi connectivity index (χ1) is 8.90. The molecular weight excluding hydrogens is 242 g/mol. The Balaban J connectivity index is 1.83. The number of primary amides is 1. The van der Waals surface area contributed by atoms with Crippen molar-refractivity contribution in [3.63, 3.8) is 0 Å². The highest BCUT2D eigenvalue weighted by Gasteiger charge is 2.38. The molecule has 5 heteroatoms. The van der Waals surface area contributed by atoms with Gasteiger partial charge in [0.2, 0.25) is 11.8 Å². The minimum atomic E-state index is -0.693. The second-order valence-electron chi connectivity index (χ2n) is 6.57. The molecule has 108 valence electrons. The van der Waals surface area contributed by atoms with Gasteiger partial charge in [-0.25, -0.2) is 0 Å². The molecule has 0 aromatic rings. The van der Waals surface area contributed by atoms with Crippen LogP contribution in [0.3, 0.4) is 0 Å². The summed E-state index contributed by atoms with van der Waals surface area (Å²) in [7, 11) is 0. The number of carbonyl (C=O) groups is 2. The predicted molar refractivity (Wildman–Crippen MR) is 73.3 cm³/mol. The van der Waals surface area contributed by atoms with E-state index in [0.717, 1.165) is 6.42 Å². The molecule has 0 radical (unpaired) electrons. The molecule has 0 bridgehead atoms. The maximum absolute atomic E-state index is 12.1. The van der Waals surface area contributed by atoms with Gasteiger partial charge in [0.15, 0.2) is 0 Å². The summed E-state index contributed by atoms with van der Waals surface area (Å²) in [4.78, 5) is 23.3. The summed E-state index contributed by atoms with van der Waals surface area (Å²) in [6.45, 7) is 3.80. The topological polar surface area (TPSA) is 84.2 Å². The van der Waals surface area contributed by atoms with E-state index in [0.29, 0.717) is 18.5 Å². The molecule has 3 atom stereocenters. The minimum absolute atomic E-state index is 0.00345. The average molecular weight is 267 g/mol. The van der Waals surface area contributed by atoms with E-state index >= 15 is 0 Å². The number of hydrogen-bond donors (Lipinski definition) is 3. The van der Waals surface area contributed by atoms with Crippen LogP contribution in [0.2, 0.25) is 0 Å². The zero-order valence-electron chi connectivity index (χ0n) is 11.9. The first-order valence-corrected chi connectivity index (χ1v) is 7.24. The molecule has 4 N–H and O–H groups in total. The van der Waals surface area contributed by atoms with Crippen molar-refractivity contribution >= 4 is 11.8 Å². The molecule has 1 saturated carbocycles. The zero-order valence-corrected chi connectivity index (χ0v) is 11.9. The van der Waals surface area contributed by atoms with E-state index in [4.69, 9.17) is 5.73 Å². The van der Waals surface area contributed by atoms with Crippen molar-refractivity contribution in [3.8, 4) is 0 Å². The first kappa shape index (κ1) is 14.3. The predicted octanol–water partition coefficient (Wildman–Crippen LogP) is 0.535. The normalized spacial score (nSPS) is 30.7. The first-order valence-electron chi connectivity index (χ1n) is 7.24. The van der Waals surface area contributed by atoms with E-state index in [2.05, 4.69) is 10.6 Å². The number of hydrogen-bond acceptors (Lipinski definition) is 3. The molecule has 2 fully saturated rings. The van der Waals surface area contributed by atoms with Gasteiger partial charge in [-0.15, -0.1) is 0 Å². The van der Waals surface area contributed by atoms with Gasteiger partial charge in [-0.2, -0.15) is 0 Å². The molecule has 1 saturated heterocycles. The number of fused-ring (bicyclic) bond motifs is 1. The van der Waals surface area contributed by atoms with E-state index in [-0.39, 0.29) is 17.9 Å². The molecule has 3 unspecified atom stereocenters. The van der Waals surface area contributed by atoms with Gasteiger partial charge >= 0.3 is 0 Å². The summed E-state index contributed by atoms with van der Waals surface area (Å²) in [5, 5.41) is 6.28. The van der Waals surface area contributed by atoms with Crippen LogP contribution in [-0.2, 0) is 9.59 Å². The smallest absolute Gasteiger partial charge is 0.237 e. The maximum Gasteiger partial charge on any atom is 0.237 e. The van der Waals surface area contributed by atoms with Crippen LogP contribution >= 0.6 is 0 Å². The van der Waals surface area contributed by atoms with Crippen molar-refractivity contribution in [2.45, 2.75) is 58.0 Å². The highest BCUT2D eigenvalue weighted by Crippen LogP contribution is 2.33. The van der Waals surface area contributed by atoms with Gasteiger partial charge < -0.3 is 16.4 Å². The summed E-state index contributed by atoms with van der Waals surface area (Å²) in [6.07, 6.45) is 5.88. The Hall–Kier alpha value is -1.10. The maximum atomic E-state index is 12.1. The summed E-state index contributed by atoms with van der Waals surface area (Å²) in [5.74, 6) is 0.262. The second kappa shape index (κ2) is 5.49. The summed E-state index contributed by atoms with van der Waals surface area (Å²) in [5.41, 5.74) is 4.61. The number of amides is 2. The van der Waals surface area contributed by atoms with Crippen molar-refractivity contribution in [3.05, 3.63) is 0 Å². The quantitative estimate of drug-likeness (QED) is 0.695. The van der Waals surface area contributed by atoms with E-state index in [9.17, 15) is 9.59 Å². The van der Waals surface area contributed by atoms with Crippen LogP contribution in [0.5, 0.6) is 0 Å². The lowest BCUT2D eigenvalue weighted by Gasteiger charge is -2.24. The summed E-state index contributed by atoms with van der Waals surface area (Å²) < 4.78 is 0. The van der Waals surface area contributed by atoms with Crippen molar-refractivity contribution < 1.29 is 9.59 Å². The molecule has 2 rings (SSSR count). The monoisotopic (exact) mass is 267 g/mol. The van der Waals surface area contributed by atoms with Crippen molar-refractivity contribution in [2.75, 3.05) is 6.54 Å². The largest absolute Gasteiger partial charge is 0.369 e. The van der Waals surface area contributed by atoms with Gasteiger partial charge in [-0.3, -0.25) is 9.59 Å². The fourth-order valence-electron chi connectivity index (χ4n) is 3.04. The Labute approximate surface area is 114 Å². The molecule has 2 aliphatic rings. The summed E-state index contributed by atoms with van der Waals surface area (Å²) in [6, 6.07) is 0.408. The third-order valence-electron chi connectivity index (χ3n) is 4.55. The van der Waals surface area contributed by atoms with Crippen LogP contribution in [0, 0.1) is 11.3 Å². The molecule has 0 aromatic heterocycles. The lowest BCUT2D eigenvalue weighted by atomic mass is 9.85. The van der Waals surface area contributed by atoms with Crippen LogP contribution < -0.4 is 16.4 Å². The number of rotatable bonds is 4. The number of carbonyl (C=O) groups excluding carboxylic acids is 2. The van der Waals surface area contributed by atoms with Crippen LogP contribution in [0.1, 0.15) is 46.0 Å². The van der Waals surface area contributed by atoms with Crippen LogP contribution in [0.25, 0.3) is 0 Å². The minimum Gasteiger partial charge on any atom is -0.369 e. The Kier molecular flexibility index (Phi) is 4.13. The zero-order chi connectivity index (χ0) is 14.0. The van der Waals surface area contributed by atoms with Crippen molar-refractivity contribution in [1.82, 2.24) is 10.6 Å². The highest BCUT2D eigenvalue weighted by atomic mass is 16.2. The lowest BCUT2D eigenvalue weighted by molar-refractivity contribution is -0.127. The van der Waals surface area contributed by atoms with Gasteiger partial charge in [-0.1, -0.05) is 12.8 Å². The third-order valence-corrected chi connectivity index (χ3v) is 4.55. The molecule has 5 nitrogen and oxygen atoms in total. The lowest BCUT2D eigenvalue weighted by Crippen LogP contribution is -2.48. The summed E-state index contributed by atoms with van der Waals surface area (Å²) >= 11 is 0. The van der Waals surface area contributed by atoms with Gasteiger partial charge in [0.25, 0.3) is 0 Å². The molecule has 2 amide bonds. The Morgan fingerprint density at radius 3 is 2.63 bits per heavy atom. The second-order valence-corrected chi connectivity index (χ2v) is 6.57. The van der Waals surface area contributed by atoms with Crippen molar-refractivity contribution in [1.29, 1.82) is 0 Å². The number of nitrogens with two attached hydrogens (primary N) is 1. The number of nitrogens with one attached hydrogen (secondary N) is 2. The van der Waals surface area contributed by atoms with Gasteiger partial charge in [-0.05, 0) is 39.0 Å². The van der Waals surface area contributed by atoms with E-state index in [1.54, 1.807) is 13.8 Å². The van der Waals surface area contributed by atoms with Gasteiger partial charge in [0.05, 0.1) is 11.5 Å². The van der Waals surface area contributed by atoms with E-state index < -0.39 is 5.41 Å². The van der Waals surface area contributed by atoms with Crippen LogP contribution in [-0.4, -0.2) is 30.4 Å². The molecule has 19 heavy (non-hydrogen) atoms. The van der Waals surface area contributed by atoms with Crippen LogP contribution in [0.4, 0.5) is 0 Å². The van der Waals surface area contributed by atoms with Crippen molar-refractivity contribution in [2.24, 2.45) is 17.1 Å². The molecular formula is C14H25N3O2. The Bertz CT molecular complexity index is 354. The third kappa shape index (κ3) is 3.26. The van der Waals surface area contributed by atoms with E-state index in [1.165, 1.54) is 25.7 Å². The van der Waals surface area contributed by atoms with Gasteiger partial charge in [0.1, 0.15) is 0 Å². The molecule has 0 aromatic carbocycles. The fourth-order valence-corrected chi connectivity index (χ4v) is 3.04. The van der Waals surface area contributed by atoms with E-state index in [1.807, 2.05) is 0 Å². The molecule has 1 aliphatic heterocycles. The van der Waals surface area contributed by atoms with Crippen LogP contribution in [0.15, 0.2) is 0 Å². The SMILES string of the molecule is CC(C)(CNC(=O)C1CC2CCCCC2N1)C(N)=O. The molecule has 1 aliphatic carbocycles. The standard InChI is InChI=1S/C14H25N3O2/c1-14(2,13(15)19)8-16-12(18)11-7-9-5-3-4-6-10(9)17-11/h9-11,17H,3-8H2,1-2H3,(H2,15,19)(H,16,18). The fraction of sp³-hybridized carbons (Fsp3) is 0.857. The Morgan fingerprint density at radius 2 is 2.00 bits per heavy atom. The Morgan fingerprint density at radius 1 is 1.32 bits per heavy atom. The molecule has 1 heterocycles. The molecule has 0 spiro atoms. The average Bonchev–Trinajstić information content (AvgIpc) is 2.79. The highest BCUT2D eigenvalue weighted by molar-refractivity contribution is 5.84. The van der Waals surface area contributed by atoms with Gasteiger partial charge in [0, 0.05) is 12.6 Å².